The quantitative estimate of drug-likeness (QED) is 0.362. The number of benzene rings is 1. The summed E-state index contributed by atoms with van der Waals surface area (Å²) < 4.78 is 14.8. The average Bonchev–Trinajstić information content (AvgIpc) is 2.86. The van der Waals surface area contributed by atoms with Crippen molar-refractivity contribution in [3.8, 4) is 11.5 Å². The zero-order valence-corrected chi connectivity index (χ0v) is 10.7. The van der Waals surface area contributed by atoms with Crippen LogP contribution in [0.1, 0.15) is 27.6 Å². The fourth-order valence-electron chi connectivity index (χ4n) is 1.66. The van der Waals surface area contributed by atoms with E-state index in [9.17, 15) is 14.4 Å². The maximum absolute atomic E-state index is 11.9. The molecule has 0 bridgehead atoms. The minimum absolute atomic E-state index is 0.00680. The number of aldehydes is 1. The van der Waals surface area contributed by atoms with Gasteiger partial charge in [0.1, 0.15) is 0 Å². The Kier molecular flexibility index (Phi) is 3.71. The lowest BCUT2D eigenvalue weighted by molar-refractivity contribution is -0.137. The van der Waals surface area contributed by atoms with E-state index in [0.29, 0.717) is 6.29 Å². The molecule has 7 heteroatoms. The van der Waals surface area contributed by atoms with Crippen LogP contribution in [-0.4, -0.2) is 31.4 Å². The molecule has 0 aromatic heterocycles. The van der Waals surface area contributed by atoms with Crippen molar-refractivity contribution < 1.29 is 28.6 Å². The summed E-state index contributed by atoms with van der Waals surface area (Å²) in [4.78, 5) is 34.3. The van der Waals surface area contributed by atoms with Crippen molar-refractivity contribution in [2.75, 3.05) is 13.4 Å². The molecule has 1 aromatic rings. The number of hydrogen-bond acceptors (Lipinski definition) is 6. The van der Waals surface area contributed by atoms with Crippen LogP contribution in [0.4, 0.5) is 0 Å². The number of carbonyl (C=O) groups excluding carboxylic acids is 3. The second kappa shape index (κ2) is 5.27. The van der Waals surface area contributed by atoms with Gasteiger partial charge >= 0.3 is 5.97 Å². The van der Waals surface area contributed by atoms with E-state index in [1.165, 1.54) is 6.07 Å². The summed E-state index contributed by atoms with van der Waals surface area (Å²) in [6.45, 7) is 1.49. The van der Waals surface area contributed by atoms with E-state index in [4.69, 9.17) is 21.1 Å². The molecule has 2 rings (SSSR count). The fraction of sp³-hybridized carbons (Fsp3) is 0.250. The van der Waals surface area contributed by atoms with Crippen molar-refractivity contribution in [1.82, 2.24) is 0 Å². The number of ketones is 1. The van der Waals surface area contributed by atoms with Gasteiger partial charge in [-0.15, -0.1) is 0 Å². The average molecular weight is 285 g/mol. The predicted octanol–water partition coefficient (Wildman–Crippen LogP) is 1.63. The molecule has 0 saturated carbocycles. The van der Waals surface area contributed by atoms with Crippen LogP contribution >= 0.6 is 11.6 Å². The summed E-state index contributed by atoms with van der Waals surface area (Å²) in [7, 11) is 0. The second-order valence-corrected chi connectivity index (χ2v) is 3.96. The molecule has 1 heterocycles. The second-order valence-electron chi connectivity index (χ2n) is 3.55. The minimum atomic E-state index is -1.04. The molecule has 0 saturated heterocycles. The van der Waals surface area contributed by atoms with Crippen molar-refractivity contribution in [1.29, 1.82) is 0 Å². The highest BCUT2D eigenvalue weighted by Gasteiger charge is 2.32. The highest BCUT2D eigenvalue weighted by Crippen LogP contribution is 2.42. The number of hydrogen-bond donors (Lipinski definition) is 0. The van der Waals surface area contributed by atoms with Gasteiger partial charge in [-0.2, -0.15) is 0 Å². The maximum Gasteiger partial charge on any atom is 0.379 e. The van der Waals surface area contributed by atoms with Gasteiger partial charge < -0.3 is 14.2 Å². The molecule has 0 aliphatic carbocycles. The molecule has 0 amide bonds. The summed E-state index contributed by atoms with van der Waals surface area (Å²) in [6, 6.07) is 1.24. The first kappa shape index (κ1) is 13.4. The molecular formula is C12H9ClO6. The Hall–Kier alpha value is -2.08. The molecule has 0 atom stereocenters. The third-order valence-electron chi connectivity index (χ3n) is 2.44. The Labute approximate surface area is 113 Å². The summed E-state index contributed by atoms with van der Waals surface area (Å²) in [5.74, 6) is -1.88. The zero-order valence-electron chi connectivity index (χ0n) is 9.90. The molecule has 1 aromatic carbocycles. The van der Waals surface area contributed by atoms with E-state index in [1.54, 1.807) is 6.92 Å². The molecule has 0 fully saturated rings. The number of carbonyl (C=O) groups is 3. The van der Waals surface area contributed by atoms with Gasteiger partial charge in [-0.25, -0.2) is 4.79 Å². The molecule has 0 N–H and O–H groups in total. The van der Waals surface area contributed by atoms with Crippen LogP contribution in [0.15, 0.2) is 6.07 Å². The summed E-state index contributed by atoms with van der Waals surface area (Å²) in [6.07, 6.45) is 0.526. The van der Waals surface area contributed by atoms with Crippen molar-refractivity contribution in [3.05, 3.63) is 22.2 Å². The monoisotopic (exact) mass is 284 g/mol. The molecule has 1 aliphatic heterocycles. The summed E-state index contributed by atoms with van der Waals surface area (Å²) in [5, 5.41) is -0.0654. The SMILES string of the molecule is CCOC(=O)C(=O)c1c(Cl)cc(C=O)c2c1OCO2. The first-order valence-electron chi connectivity index (χ1n) is 5.38. The number of halogens is 1. The van der Waals surface area contributed by atoms with E-state index >= 15 is 0 Å². The first-order valence-corrected chi connectivity index (χ1v) is 5.76. The van der Waals surface area contributed by atoms with Crippen LogP contribution in [-0.2, 0) is 9.53 Å². The predicted molar refractivity (Wildman–Crippen MR) is 63.9 cm³/mol. The van der Waals surface area contributed by atoms with Crippen LogP contribution in [0.2, 0.25) is 5.02 Å². The van der Waals surface area contributed by atoms with Gasteiger partial charge in [-0.3, -0.25) is 9.59 Å². The molecule has 0 radical (unpaired) electrons. The lowest BCUT2D eigenvalue weighted by Crippen LogP contribution is -2.18. The molecule has 0 spiro atoms. The van der Waals surface area contributed by atoms with E-state index in [-0.39, 0.29) is 41.0 Å². The van der Waals surface area contributed by atoms with Gasteiger partial charge in [0.15, 0.2) is 17.8 Å². The lowest BCUT2D eigenvalue weighted by Gasteiger charge is -2.08. The number of Topliss-reactive ketones (excluding diaryl/α,β-unsaturated/α-hetero) is 1. The zero-order chi connectivity index (χ0) is 14.0. The third kappa shape index (κ3) is 2.26. The van der Waals surface area contributed by atoms with Crippen molar-refractivity contribution in [3.63, 3.8) is 0 Å². The van der Waals surface area contributed by atoms with Gasteiger partial charge in [-0.1, -0.05) is 11.6 Å². The van der Waals surface area contributed by atoms with E-state index in [1.807, 2.05) is 0 Å². The normalized spacial score (nSPS) is 12.1. The Morgan fingerprint density at radius 2 is 2.11 bits per heavy atom. The lowest BCUT2D eigenvalue weighted by atomic mass is 10.1. The smallest absolute Gasteiger partial charge is 0.379 e. The van der Waals surface area contributed by atoms with Gasteiger partial charge in [0.2, 0.25) is 6.79 Å². The topological polar surface area (TPSA) is 78.9 Å². The number of esters is 1. The van der Waals surface area contributed by atoms with E-state index < -0.39 is 11.8 Å². The summed E-state index contributed by atoms with van der Waals surface area (Å²) >= 11 is 5.91. The Balaban J connectivity index is 2.53. The van der Waals surface area contributed by atoms with E-state index in [0.717, 1.165) is 0 Å². The Bertz CT molecular complexity index is 566. The Morgan fingerprint density at radius 3 is 2.74 bits per heavy atom. The molecule has 0 unspecified atom stereocenters. The largest absolute Gasteiger partial charge is 0.460 e. The molecule has 1 aliphatic rings. The van der Waals surface area contributed by atoms with Crippen molar-refractivity contribution >= 4 is 29.6 Å². The molecule has 100 valence electrons. The maximum atomic E-state index is 11.9. The molecule has 6 nitrogen and oxygen atoms in total. The van der Waals surface area contributed by atoms with Crippen molar-refractivity contribution in [2.45, 2.75) is 6.92 Å². The number of rotatable bonds is 4. The standard InChI is InChI=1S/C12H9ClO6/c1-2-17-12(16)9(15)8-7(13)3-6(4-14)10-11(8)19-5-18-10/h3-4H,2,5H2,1H3. The highest BCUT2D eigenvalue weighted by atomic mass is 35.5. The van der Waals surface area contributed by atoms with Crippen LogP contribution in [0.25, 0.3) is 0 Å². The third-order valence-corrected chi connectivity index (χ3v) is 2.74. The molecule has 19 heavy (non-hydrogen) atoms. The first-order chi connectivity index (χ1) is 9.10. The van der Waals surface area contributed by atoms with Gasteiger partial charge in [0.05, 0.1) is 22.8 Å². The minimum Gasteiger partial charge on any atom is -0.460 e. The highest BCUT2D eigenvalue weighted by molar-refractivity contribution is 6.46. The number of fused-ring (bicyclic) bond motifs is 1. The Morgan fingerprint density at radius 1 is 1.42 bits per heavy atom. The van der Waals surface area contributed by atoms with Crippen molar-refractivity contribution in [2.24, 2.45) is 0 Å². The van der Waals surface area contributed by atoms with E-state index in [2.05, 4.69) is 4.74 Å². The van der Waals surface area contributed by atoms with Gasteiger partial charge in [0.25, 0.3) is 5.78 Å². The number of ether oxygens (including phenoxy) is 3. The van der Waals surface area contributed by atoms with Gasteiger partial charge in [-0.05, 0) is 13.0 Å². The van der Waals surface area contributed by atoms with Crippen LogP contribution in [0.5, 0.6) is 11.5 Å². The molecular weight excluding hydrogens is 276 g/mol. The van der Waals surface area contributed by atoms with Crippen LogP contribution in [0.3, 0.4) is 0 Å². The van der Waals surface area contributed by atoms with Crippen LogP contribution in [0, 0.1) is 0 Å². The van der Waals surface area contributed by atoms with Gasteiger partial charge in [0, 0.05) is 0 Å². The summed E-state index contributed by atoms with van der Waals surface area (Å²) in [5.41, 5.74) is -0.00359. The van der Waals surface area contributed by atoms with Crippen LogP contribution < -0.4 is 9.47 Å². The fourth-order valence-corrected chi connectivity index (χ4v) is 1.95.